The molecule has 0 saturated carbocycles. The Balaban J connectivity index is 2.55. The second kappa shape index (κ2) is 7.29. The molecule has 1 rings (SSSR count). The Morgan fingerprint density at radius 2 is 1.17 bits per heavy atom. The molecule has 2 unspecified atom stereocenters. The molecule has 0 aromatic carbocycles. The summed E-state index contributed by atoms with van der Waals surface area (Å²) >= 11 is 0. The van der Waals surface area contributed by atoms with Gasteiger partial charge in [-0.05, 0) is 0 Å². The van der Waals surface area contributed by atoms with E-state index in [0.717, 1.165) is 0 Å². The molecule has 2 atom stereocenters. The molecule has 0 aromatic heterocycles. The second-order valence-corrected chi connectivity index (χ2v) is 11.9. The number of rotatable bonds is 4. The van der Waals surface area contributed by atoms with Crippen LogP contribution in [0.15, 0.2) is 0 Å². The minimum Gasteiger partial charge on any atom is -0.286 e. The van der Waals surface area contributed by atoms with Crippen molar-refractivity contribution in [3.63, 3.8) is 0 Å². The van der Waals surface area contributed by atoms with Gasteiger partial charge in [0.25, 0.3) is 20.2 Å². The monoisotopic (exact) mass is 372 g/mol. The lowest BCUT2D eigenvalue weighted by Crippen LogP contribution is -2.24. The predicted molar refractivity (Wildman–Crippen MR) is 80.5 cm³/mol. The first-order chi connectivity index (χ1) is 8.16. The molecule has 1 aliphatic rings. The van der Waals surface area contributed by atoms with Crippen molar-refractivity contribution in [2.75, 3.05) is 23.0 Å². The van der Waals surface area contributed by atoms with Gasteiger partial charge in [-0.15, -0.1) is 0 Å². The predicted octanol–water partition coefficient (Wildman–Crippen LogP) is 1.28. The highest BCUT2D eigenvalue weighted by atomic mass is 33.1. The first-order valence-corrected chi connectivity index (χ1v) is 12.6. The highest BCUT2D eigenvalue weighted by Crippen LogP contribution is 2.41. The van der Waals surface area contributed by atoms with E-state index in [1.54, 1.807) is 0 Å². The molecule has 2 N–H and O–H groups in total. The van der Waals surface area contributed by atoms with Gasteiger partial charge < -0.3 is 0 Å². The van der Waals surface area contributed by atoms with Gasteiger partial charge in [-0.3, -0.25) is 9.11 Å². The summed E-state index contributed by atoms with van der Waals surface area (Å²) in [7, 11) is -2.70. The van der Waals surface area contributed by atoms with Crippen LogP contribution in [-0.4, -0.2) is 59.5 Å². The Morgan fingerprint density at radius 1 is 0.833 bits per heavy atom. The third kappa shape index (κ3) is 8.40. The van der Waals surface area contributed by atoms with Crippen LogP contribution in [0.3, 0.4) is 0 Å². The molecule has 0 spiro atoms. The molecule has 0 amide bonds. The molecule has 108 valence electrons. The number of hydrogen-bond acceptors (Lipinski definition) is 8. The zero-order chi connectivity index (χ0) is 13.8. The van der Waals surface area contributed by atoms with Gasteiger partial charge >= 0.3 is 0 Å². The van der Waals surface area contributed by atoms with E-state index < -0.39 is 20.2 Å². The molecule has 1 fully saturated rings. The van der Waals surface area contributed by atoms with Crippen LogP contribution in [0.25, 0.3) is 0 Å². The molecule has 0 bridgehead atoms. The summed E-state index contributed by atoms with van der Waals surface area (Å²) in [4.78, 5) is 0. The van der Waals surface area contributed by atoms with Gasteiger partial charge in [-0.1, -0.05) is 43.2 Å². The lowest BCUT2D eigenvalue weighted by molar-refractivity contribution is 0.480. The summed E-state index contributed by atoms with van der Waals surface area (Å²) in [5, 5.41) is -0.599. The Bertz CT molecular complexity index is 413. The van der Waals surface area contributed by atoms with E-state index in [4.69, 9.17) is 9.11 Å². The third-order valence-corrected chi connectivity index (χ3v) is 10.1. The van der Waals surface area contributed by atoms with Crippen molar-refractivity contribution >= 4 is 63.4 Å². The van der Waals surface area contributed by atoms with Crippen LogP contribution < -0.4 is 0 Å². The van der Waals surface area contributed by atoms with Crippen LogP contribution in [0, 0.1) is 0 Å². The molecule has 6 nitrogen and oxygen atoms in total. The standard InChI is InChI=1S/C6H12O6S6/c7-17(8,9)3-5-1-13-14-2-6(16-15-5)4-18(10,11)12/h5-6H,1-4H2,(H,7,8,9)(H,10,11,12). The molecule has 1 heterocycles. The lowest BCUT2D eigenvalue weighted by Gasteiger charge is -2.21. The summed E-state index contributed by atoms with van der Waals surface area (Å²) in [6.45, 7) is 0. The van der Waals surface area contributed by atoms with Crippen molar-refractivity contribution in [3.8, 4) is 0 Å². The van der Waals surface area contributed by atoms with Gasteiger partial charge in [-0.2, -0.15) is 16.8 Å². The van der Waals surface area contributed by atoms with Gasteiger partial charge in [-0.25, -0.2) is 0 Å². The quantitative estimate of drug-likeness (QED) is 0.553. The first kappa shape index (κ1) is 17.3. The summed E-state index contributed by atoms with van der Waals surface area (Å²) in [5.74, 6) is 0.412. The SMILES string of the molecule is O=S(=O)(O)CC1CSSCC(CS(=O)(=O)O)SS1. The molecule has 0 aliphatic carbocycles. The zero-order valence-corrected chi connectivity index (χ0v) is 13.9. The summed E-state index contributed by atoms with van der Waals surface area (Å²) < 4.78 is 60.7. The van der Waals surface area contributed by atoms with Crippen LogP contribution in [0.1, 0.15) is 0 Å². The Hall–Kier alpha value is 1.22. The fraction of sp³-hybridized carbons (Fsp3) is 1.00. The third-order valence-electron chi connectivity index (χ3n) is 1.71. The molecular weight excluding hydrogens is 360 g/mol. The first-order valence-electron chi connectivity index (χ1n) is 4.62. The van der Waals surface area contributed by atoms with Gasteiger partial charge in [0.15, 0.2) is 0 Å². The maximum atomic E-state index is 10.8. The van der Waals surface area contributed by atoms with Crippen LogP contribution in [0.4, 0.5) is 0 Å². The van der Waals surface area contributed by atoms with Crippen LogP contribution in [-0.2, 0) is 20.2 Å². The van der Waals surface area contributed by atoms with E-state index in [1.165, 1.54) is 43.2 Å². The molecule has 1 saturated heterocycles. The number of hydrogen-bond donors (Lipinski definition) is 2. The topological polar surface area (TPSA) is 109 Å². The van der Waals surface area contributed by atoms with Gasteiger partial charge in [0, 0.05) is 22.0 Å². The Morgan fingerprint density at radius 3 is 1.44 bits per heavy atom. The fourth-order valence-corrected chi connectivity index (χ4v) is 11.0. The van der Waals surface area contributed by atoms with Crippen molar-refractivity contribution in [3.05, 3.63) is 0 Å². The summed E-state index contributed by atoms with van der Waals surface area (Å²) in [5.41, 5.74) is 0. The van der Waals surface area contributed by atoms with E-state index >= 15 is 0 Å². The normalized spacial score (nSPS) is 27.4. The highest BCUT2D eigenvalue weighted by Gasteiger charge is 2.25. The highest BCUT2D eigenvalue weighted by molar-refractivity contribution is 8.80. The van der Waals surface area contributed by atoms with Gasteiger partial charge in [0.1, 0.15) is 0 Å². The Labute approximate surface area is 122 Å². The zero-order valence-electron chi connectivity index (χ0n) is 8.96. The van der Waals surface area contributed by atoms with Crippen molar-refractivity contribution in [1.82, 2.24) is 0 Å². The second-order valence-electron chi connectivity index (χ2n) is 3.50. The van der Waals surface area contributed by atoms with Crippen molar-refractivity contribution in [1.29, 1.82) is 0 Å². The molecule has 1 aliphatic heterocycles. The molecule has 0 radical (unpaired) electrons. The minimum absolute atomic E-state index is 0.299. The Kier molecular flexibility index (Phi) is 7.00. The summed E-state index contributed by atoms with van der Waals surface area (Å²) in [6.07, 6.45) is 0. The van der Waals surface area contributed by atoms with E-state index in [9.17, 15) is 16.8 Å². The van der Waals surface area contributed by atoms with Crippen molar-refractivity contribution < 1.29 is 25.9 Å². The van der Waals surface area contributed by atoms with Crippen molar-refractivity contribution in [2.45, 2.75) is 10.5 Å². The van der Waals surface area contributed by atoms with E-state index in [1.807, 2.05) is 0 Å². The maximum absolute atomic E-state index is 10.8. The van der Waals surface area contributed by atoms with Crippen LogP contribution >= 0.6 is 43.2 Å². The van der Waals surface area contributed by atoms with Crippen molar-refractivity contribution in [2.24, 2.45) is 0 Å². The molecular formula is C6H12O6S6. The van der Waals surface area contributed by atoms with E-state index in [2.05, 4.69) is 0 Å². The van der Waals surface area contributed by atoms with Crippen LogP contribution in [0.2, 0.25) is 0 Å². The average molecular weight is 373 g/mol. The van der Waals surface area contributed by atoms with E-state index in [0.29, 0.717) is 11.5 Å². The van der Waals surface area contributed by atoms with Crippen LogP contribution in [0.5, 0.6) is 0 Å². The largest absolute Gasteiger partial charge is 0.286 e. The molecule has 18 heavy (non-hydrogen) atoms. The molecule has 0 aromatic rings. The summed E-state index contributed by atoms with van der Waals surface area (Å²) in [6, 6.07) is 0. The minimum atomic E-state index is -4.03. The molecule has 12 heteroatoms. The fourth-order valence-electron chi connectivity index (χ4n) is 1.08. The van der Waals surface area contributed by atoms with Gasteiger partial charge in [0.05, 0.1) is 11.5 Å². The average Bonchev–Trinajstić information content (AvgIpc) is 2.12. The van der Waals surface area contributed by atoms with E-state index in [-0.39, 0.29) is 22.0 Å². The lowest BCUT2D eigenvalue weighted by atomic mass is 10.5. The maximum Gasteiger partial charge on any atom is 0.266 e. The smallest absolute Gasteiger partial charge is 0.266 e. The van der Waals surface area contributed by atoms with Gasteiger partial charge in [0.2, 0.25) is 0 Å².